The average molecular weight is 206 g/mol. The van der Waals surface area contributed by atoms with Crippen LogP contribution in [0.25, 0.3) is 0 Å². The largest absolute Gasteiger partial charge is 0.466 e. The highest BCUT2D eigenvalue weighted by Gasteiger charge is 1.96. The summed E-state index contributed by atoms with van der Waals surface area (Å²) in [5.74, 6) is -0.211. The Morgan fingerprint density at radius 1 is 1.36 bits per heavy atom. The minimum absolute atomic E-state index is 0.211. The molecule has 0 aromatic carbocycles. The summed E-state index contributed by atoms with van der Waals surface area (Å²) >= 11 is 0. The second-order valence-corrected chi connectivity index (χ2v) is 2.70. The molecule has 0 radical (unpaired) electrons. The maximum Gasteiger partial charge on any atom is 0.302 e. The van der Waals surface area contributed by atoms with Crippen LogP contribution in [0.1, 0.15) is 34.1 Å². The number of carbonyl (C=O) groups excluding carboxylic acids is 1. The molecule has 0 spiro atoms. The smallest absolute Gasteiger partial charge is 0.302 e. The van der Waals surface area contributed by atoms with Crippen LogP contribution >= 0.6 is 0 Å². The Balaban J connectivity index is 0. The van der Waals surface area contributed by atoms with Crippen molar-refractivity contribution in [2.75, 3.05) is 19.8 Å². The summed E-state index contributed by atoms with van der Waals surface area (Å²) < 4.78 is 9.52. The van der Waals surface area contributed by atoms with Crippen LogP contribution < -0.4 is 0 Å². The standard InChI is InChI=1S/C6H14O2.C4H8O2/c1-3-8-6(2)4-5-7;1-3-6-4(2)5/h6-7H,3-5H2,1-2H3;3H2,1-2H3. The molecular weight excluding hydrogens is 184 g/mol. The molecule has 0 amide bonds. The summed E-state index contributed by atoms with van der Waals surface area (Å²) in [4.78, 5) is 9.82. The van der Waals surface area contributed by atoms with Crippen molar-refractivity contribution in [3.05, 3.63) is 0 Å². The van der Waals surface area contributed by atoms with E-state index in [1.807, 2.05) is 13.8 Å². The first kappa shape index (κ1) is 15.8. The Kier molecular flexibility index (Phi) is 14.0. The molecule has 0 aliphatic heterocycles. The fourth-order valence-corrected chi connectivity index (χ4v) is 0.753. The predicted molar refractivity (Wildman–Crippen MR) is 55.1 cm³/mol. The van der Waals surface area contributed by atoms with Crippen LogP contribution in [-0.4, -0.2) is 37.0 Å². The fourth-order valence-electron chi connectivity index (χ4n) is 0.753. The maximum atomic E-state index is 9.82. The molecule has 0 heterocycles. The minimum atomic E-state index is -0.211. The van der Waals surface area contributed by atoms with Crippen molar-refractivity contribution in [2.45, 2.75) is 40.2 Å². The van der Waals surface area contributed by atoms with Gasteiger partial charge in [-0.3, -0.25) is 4.79 Å². The predicted octanol–water partition coefficient (Wildman–Crippen LogP) is 1.36. The van der Waals surface area contributed by atoms with E-state index in [0.717, 1.165) is 13.0 Å². The molecule has 0 aromatic rings. The Bertz CT molecular complexity index is 119. The maximum absolute atomic E-state index is 9.82. The van der Waals surface area contributed by atoms with Gasteiger partial charge in [-0.1, -0.05) is 0 Å². The van der Waals surface area contributed by atoms with Gasteiger partial charge in [0.1, 0.15) is 0 Å². The average Bonchev–Trinajstić information content (AvgIpc) is 2.05. The van der Waals surface area contributed by atoms with Crippen LogP contribution in [0.5, 0.6) is 0 Å². The Hall–Kier alpha value is -0.610. The van der Waals surface area contributed by atoms with E-state index >= 15 is 0 Å². The van der Waals surface area contributed by atoms with Crippen molar-refractivity contribution in [1.29, 1.82) is 0 Å². The lowest BCUT2D eigenvalue weighted by atomic mass is 10.3. The van der Waals surface area contributed by atoms with E-state index < -0.39 is 0 Å². The minimum Gasteiger partial charge on any atom is -0.466 e. The summed E-state index contributed by atoms with van der Waals surface area (Å²) in [5.41, 5.74) is 0. The number of esters is 1. The monoisotopic (exact) mass is 206 g/mol. The highest BCUT2D eigenvalue weighted by atomic mass is 16.5. The molecule has 0 aliphatic rings. The van der Waals surface area contributed by atoms with Gasteiger partial charge in [0.15, 0.2) is 0 Å². The molecule has 14 heavy (non-hydrogen) atoms. The van der Waals surface area contributed by atoms with Crippen LogP contribution in [0.2, 0.25) is 0 Å². The molecule has 0 aromatic heterocycles. The lowest BCUT2D eigenvalue weighted by molar-refractivity contribution is -0.140. The summed E-state index contributed by atoms with van der Waals surface area (Å²) in [6.45, 7) is 8.52. The molecule has 86 valence electrons. The van der Waals surface area contributed by atoms with Crippen LogP contribution in [0.3, 0.4) is 0 Å². The zero-order valence-electron chi connectivity index (χ0n) is 9.58. The van der Waals surface area contributed by atoms with Crippen molar-refractivity contribution >= 4 is 5.97 Å². The normalized spacial score (nSPS) is 11.2. The molecule has 1 unspecified atom stereocenters. The third-order valence-electron chi connectivity index (χ3n) is 1.33. The first-order valence-electron chi connectivity index (χ1n) is 4.94. The zero-order valence-corrected chi connectivity index (χ0v) is 9.58. The summed E-state index contributed by atoms with van der Waals surface area (Å²) in [7, 11) is 0. The van der Waals surface area contributed by atoms with E-state index in [4.69, 9.17) is 9.84 Å². The second-order valence-electron chi connectivity index (χ2n) is 2.70. The van der Waals surface area contributed by atoms with Gasteiger partial charge in [-0.05, 0) is 27.2 Å². The molecule has 1 N–H and O–H groups in total. The molecule has 0 fully saturated rings. The van der Waals surface area contributed by atoms with Crippen molar-refractivity contribution in [1.82, 2.24) is 0 Å². The van der Waals surface area contributed by atoms with Gasteiger partial charge in [0.2, 0.25) is 0 Å². The molecule has 0 bridgehead atoms. The van der Waals surface area contributed by atoms with Crippen LogP contribution in [0, 0.1) is 0 Å². The zero-order chi connectivity index (χ0) is 11.4. The number of aliphatic hydroxyl groups is 1. The molecular formula is C10H22O4. The second kappa shape index (κ2) is 12.4. The SMILES string of the molecule is CCOC(C)=O.CCOC(C)CCO. The van der Waals surface area contributed by atoms with Gasteiger partial charge in [0.25, 0.3) is 0 Å². The van der Waals surface area contributed by atoms with E-state index in [9.17, 15) is 4.79 Å². The van der Waals surface area contributed by atoms with Gasteiger partial charge < -0.3 is 14.6 Å². The quantitative estimate of drug-likeness (QED) is 0.690. The molecule has 4 nitrogen and oxygen atoms in total. The first-order valence-corrected chi connectivity index (χ1v) is 4.94. The molecule has 0 rings (SSSR count). The van der Waals surface area contributed by atoms with Gasteiger partial charge in [-0.2, -0.15) is 0 Å². The molecule has 0 saturated carbocycles. The highest BCUT2D eigenvalue weighted by Crippen LogP contribution is 1.93. The van der Waals surface area contributed by atoms with Crippen molar-refractivity contribution in [3.8, 4) is 0 Å². The third-order valence-corrected chi connectivity index (χ3v) is 1.33. The number of carbonyl (C=O) groups is 1. The highest BCUT2D eigenvalue weighted by molar-refractivity contribution is 5.65. The number of rotatable bonds is 5. The molecule has 0 saturated heterocycles. The van der Waals surface area contributed by atoms with Gasteiger partial charge in [0, 0.05) is 20.1 Å². The van der Waals surface area contributed by atoms with Crippen LogP contribution in [0.4, 0.5) is 0 Å². The number of ether oxygens (including phenoxy) is 2. The molecule has 0 aliphatic carbocycles. The number of aliphatic hydroxyl groups excluding tert-OH is 1. The van der Waals surface area contributed by atoms with E-state index in [1.54, 1.807) is 6.92 Å². The van der Waals surface area contributed by atoms with Gasteiger partial charge in [0.05, 0.1) is 12.7 Å². The van der Waals surface area contributed by atoms with Crippen LogP contribution in [-0.2, 0) is 14.3 Å². The van der Waals surface area contributed by atoms with Crippen molar-refractivity contribution < 1.29 is 19.4 Å². The number of hydrogen-bond acceptors (Lipinski definition) is 4. The van der Waals surface area contributed by atoms with Gasteiger partial charge in [-0.25, -0.2) is 0 Å². The topological polar surface area (TPSA) is 55.8 Å². The first-order chi connectivity index (χ1) is 6.58. The lowest BCUT2D eigenvalue weighted by Gasteiger charge is -2.07. The summed E-state index contributed by atoms with van der Waals surface area (Å²) in [6, 6.07) is 0. The van der Waals surface area contributed by atoms with E-state index in [2.05, 4.69) is 4.74 Å². The van der Waals surface area contributed by atoms with Gasteiger partial charge in [-0.15, -0.1) is 0 Å². The Labute approximate surface area is 86.2 Å². The van der Waals surface area contributed by atoms with Gasteiger partial charge >= 0.3 is 5.97 Å². The summed E-state index contributed by atoms with van der Waals surface area (Å²) in [5, 5.41) is 8.38. The summed E-state index contributed by atoms with van der Waals surface area (Å²) in [6.07, 6.45) is 0.957. The Morgan fingerprint density at radius 3 is 2.14 bits per heavy atom. The third kappa shape index (κ3) is 17.5. The van der Waals surface area contributed by atoms with E-state index in [1.165, 1.54) is 6.92 Å². The van der Waals surface area contributed by atoms with Crippen LogP contribution in [0.15, 0.2) is 0 Å². The molecule has 1 atom stereocenters. The van der Waals surface area contributed by atoms with Crippen molar-refractivity contribution in [2.24, 2.45) is 0 Å². The van der Waals surface area contributed by atoms with E-state index in [-0.39, 0.29) is 18.7 Å². The fraction of sp³-hybridized carbons (Fsp3) is 0.900. The van der Waals surface area contributed by atoms with E-state index in [0.29, 0.717) is 6.61 Å². The molecule has 4 heteroatoms. The lowest BCUT2D eigenvalue weighted by Crippen LogP contribution is -2.09. The Morgan fingerprint density at radius 2 is 1.93 bits per heavy atom. The number of hydrogen-bond donors (Lipinski definition) is 1. The van der Waals surface area contributed by atoms with Crippen molar-refractivity contribution in [3.63, 3.8) is 0 Å².